The van der Waals surface area contributed by atoms with E-state index in [1.807, 2.05) is 45.0 Å². The monoisotopic (exact) mass is 394 g/mol. The highest BCUT2D eigenvalue weighted by Gasteiger charge is 2.19. The van der Waals surface area contributed by atoms with Crippen LogP contribution in [0.1, 0.15) is 33.7 Å². The second kappa shape index (κ2) is 8.82. The summed E-state index contributed by atoms with van der Waals surface area (Å²) in [6, 6.07) is 13.7. The quantitative estimate of drug-likeness (QED) is 0.645. The summed E-state index contributed by atoms with van der Waals surface area (Å²) in [6.45, 7) is 7.98. The van der Waals surface area contributed by atoms with Crippen LogP contribution in [0.3, 0.4) is 0 Å². The Morgan fingerprint density at radius 1 is 1.10 bits per heavy atom. The first-order chi connectivity index (χ1) is 13.9. The zero-order valence-electron chi connectivity index (χ0n) is 17.1. The molecule has 0 fully saturated rings. The zero-order valence-corrected chi connectivity index (χ0v) is 17.1. The molecule has 1 atom stereocenters. The van der Waals surface area contributed by atoms with Gasteiger partial charge >= 0.3 is 0 Å². The largest absolute Gasteiger partial charge is 0.492 e. The summed E-state index contributed by atoms with van der Waals surface area (Å²) in [5, 5.41) is 4.17. The molecule has 0 aliphatic heterocycles. The van der Waals surface area contributed by atoms with Gasteiger partial charge in [-0.15, -0.1) is 0 Å². The molecule has 2 aromatic carbocycles. The lowest BCUT2D eigenvalue weighted by molar-refractivity contribution is -0.118. The maximum atomic E-state index is 12.9. The van der Waals surface area contributed by atoms with Crippen LogP contribution < -0.4 is 20.3 Å². The van der Waals surface area contributed by atoms with E-state index in [1.165, 1.54) is 4.57 Å². The molecule has 0 aliphatic rings. The van der Waals surface area contributed by atoms with E-state index in [4.69, 9.17) is 9.47 Å². The minimum Gasteiger partial charge on any atom is -0.492 e. The molecule has 1 amide bonds. The van der Waals surface area contributed by atoms with Crippen LogP contribution in [0.5, 0.6) is 11.5 Å². The summed E-state index contributed by atoms with van der Waals surface area (Å²) in [4.78, 5) is 25.7. The van der Waals surface area contributed by atoms with Crippen molar-refractivity contribution in [3.8, 4) is 11.5 Å². The average Bonchev–Trinajstić information content (AvgIpc) is 2.69. The number of pyridine rings is 1. The molecule has 6 nitrogen and oxygen atoms in total. The predicted octanol–water partition coefficient (Wildman–Crippen LogP) is 4.39. The third kappa shape index (κ3) is 4.59. The Kier molecular flexibility index (Phi) is 6.22. The highest BCUT2D eigenvalue weighted by Crippen LogP contribution is 2.25. The van der Waals surface area contributed by atoms with Crippen LogP contribution in [-0.2, 0) is 4.79 Å². The van der Waals surface area contributed by atoms with Crippen LogP contribution in [0.2, 0.25) is 0 Å². The number of carbonyl (C=O) groups is 1. The van der Waals surface area contributed by atoms with Crippen molar-refractivity contribution in [3.05, 3.63) is 65.1 Å². The van der Waals surface area contributed by atoms with E-state index >= 15 is 0 Å². The molecule has 3 aromatic rings. The summed E-state index contributed by atoms with van der Waals surface area (Å²) >= 11 is 0. The van der Waals surface area contributed by atoms with Crippen molar-refractivity contribution in [1.29, 1.82) is 0 Å². The first kappa shape index (κ1) is 20.5. The molecule has 0 spiro atoms. The molecule has 0 saturated heterocycles. The normalized spacial score (nSPS) is 12.0. The molecule has 152 valence electrons. The number of hydrogen-bond donors (Lipinski definition) is 1. The van der Waals surface area contributed by atoms with Gasteiger partial charge in [-0.25, -0.2) is 0 Å². The summed E-state index contributed by atoms with van der Waals surface area (Å²) in [6.07, 6.45) is 1.69. The molecular formula is C23H26N2O4. The average molecular weight is 394 g/mol. The van der Waals surface area contributed by atoms with Crippen LogP contribution in [0, 0.1) is 0 Å². The molecule has 1 N–H and O–H groups in total. The van der Waals surface area contributed by atoms with Crippen LogP contribution in [0.4, 0.5) is 5.69 Å². The molecule has 29 heavy (non-hydrogen) atoms. The van der Waals surface area contributed by atoms with E-state index in [-0.39, 0.29) is 17.6 Å². The maximum Gasteiger partial charge on any atom is 0.259 e. The van der Waals surface area contributed by atoms with Gasteiger partial charge in [-0.3, -0.25) is 9.59 Å². The summed E-state index contributed by atoms with van der Waals surface area (Å²) in [5.41, 5.74) is 0.356. The summed E-state index contributed by atoms with van der Waals surface area (Å²) < 4.78 is 12.7. The lowest BCUT2D eigenvalue weighted by atomic mass is 10.1. The van der Waals surface area contributed by atoms with Gasteiger partial charge in [0.25, 0.3) is 5.56 Å². The molecule has 6 heteroatoms. The van der Waals surface area contributed by atoms with Gasteiger partial charge in [-0.05, 0) is 69.5 Å². The highest BCUT2D eigenvalue weighted by molar-refractivity contribution is 5.95. The fourth-order valence-electron chi connectivity index (χ4n) is 3.11. The Morgan fingerprint density at radius 2 is 1.86 bits per heavy atom. The number of amides is 1. The second-order valence-electron chi connectivity index (χ2n) is 7.04. The topological polar surface area (TPSA) is 69.6 Å². The number of aromatic nitrogens is 1. The third-order valence-corrected chi connectivity index (χ3v) is 4.52. The van der Waals surface area contributed by atoms with Crippen molar-refractivity contribution < 1.29 is 14.3 Å². The third-order valence-electron chi connectivity index (χ3n) is 4.52. The Labute approximate surface area is 170 Å². The molecule has 3 rings (SSSR count). The molecular weight excluding hydrogens is 368 g/mol. The van der Waals surface area contributed by atoms with Gasteiger partial charge < -0.3 is 19.4 Å². The predicted molar refractivity (Wildman–Crippen MR) is 115 cm³/mol. The summed E-state index contributed by atoms with van der Waals surface area (Å²) in [5.74, 6) is 1.01. The van der Waals surface area contributed by atoms with E-state index in [0.29, 0.717) is 29.2 Å². The number of hydrogen-bond acceptors (Lipinski definition) is 4. The second-order valence-corrected chi connectivity index (χ2v) is 7.04. The fraction of sp³-hybridized carbons (Fsp3) is 0.304. The highest BCUT2D eigenvalue weighted by atomic mass is 16.5. The van der Waals surface area contributed by atoms with Crippen molar-refractivity contribution in [2.45, 2.75) is 39.8 Å². The number of anilines is 1. The Hall–Kier alpha value is -3.28. The van der Waals surface area contributed by atoms with Crippen molar-refractivity contribution in [1.82, 2.24) is 4.57 Å². The lowest BCUT2D eigenvalue weighted by Gasteiger charge is -2.17. The number of ether oxygens (including phenoxy) is 2. The number of benzene rings is 2. The van der Waals surface area contributed by atoms with Crippen molar-refractivity contribution in [3.63, 3.8) is 0 Å². The van der Waals surface area contributed by atoms with Gasteiger partial charge in [0.1, 0.15) is 17.5 Å². The molecule has 1 aromatic heterocycles. The maximum absolute atomic E-state index is 12.9. The number of carbonyl (C=O) groups excluding carboxylic acids is 1. The molecule has 1 heterocycles. The Bertz CT molecular complexity index is 1070. The standard InChI is InChI=1S/C23H26N2O4/c1-5-28-21-9-7-6-8-20(21)24-22(26)16(4)25-13-12-17-14-18(29-15(2)3)10-11-19(17)23(25)27/h6-16H,5H2,1-4H3,(H,24,26). The van der Waals surface area contributed by atoms with Gasteiger partial charge in [0, 0.05) is 11.6 Å². The number of para-hydroxylation sites is 2. The number of nitrogens with zero attached hydrogens (tertiary/aromatic N) is 1. The van der Waals surface area contributed by atoms with Gasteiger partial charge in [-0.1, -0.05) is 12.1 Å². The van der Waals surface area contributed by atoms with E-state index in [2.05, 4.69) is 5.32 Å². The van der Waals surface area contributed by atoms with Gasteiger partial charge in [0.05, 0.1) is 18.4 Å². The molecule has 0 aliphatic carbocycles. The van der Waals surface area contributed by atoms with Crippen LogP contribution >= 0.6 is 0 Å². The van der Waals surface area contributed by atoms with Gasteiger partial charge in [-0.2, -0.15) is 0 Å². The van der Waals surface area contributed by atoms with Crippen molar-refractivity contribution in [2.75, 3.05) is 11.9 Å². The first-order valence-corrected chi connectivity index (χ1v) is 9.75. The van der Waals surface area contributed by atoms with Crippen molar-refractivity contribution in [2.24, 2.45) is 0 Å². The summed E-state index contributed by atoms with van der Waals surface area (Å²) in [7, 11) is 0. The number of rotatable bonds is 7. The van der Waals surface area contributed by atoms with E-state index in [9.17, 15) is 9.59 Å². The number of fused-ring (bicyclic) bond motifs is 1. The van der Waals surface area contributed by atoms with Gasteiger partial charge in [0.2, 0.25) is 5.91 Å². The van der Waals surface area contributed by atoms with E-state index < -0.39 is 6.04 Å². The van der Waals surface area contributed by atoms with Crippen molar-refractivity contribution >= 4 is 22.4 Å². The minimum atomic E-state index is -0.687. The minimum absolute atomic E-state index is 0.0519. The van der Waals surface area contributed by atoms with Crippen LogP contribution in [0.15, 0.2) is 59.5 Å². The molecule has 0 radical (unpaired) electrons. The fourth-order valence-corrected chi connectivity index (χ4v) is 3.11. The molecule has 0 bridgehead atoms. The first-order valence-electron chi connectivity index (χ1n) is 9.75. The Morgan fingerprint density at radius 3 is 2.59 bits per heavy atom. The zero-order chi connectivity index (χ0) is 21.0. The van der Waals surface area contributed by atoms with Gasteiger partial charge in [0.15, 0.2) is 0 Å². The number of nitrogens with one attached hydrogen (secondary N) is 1. The van der Waals surface area contributed by atoms with Crippen LogP contribution in [0.25, 0.3) is 10.8 Å². The Balaban J connectivity index is 1.87. The van der Waals surface area contributed by atoms with Crippen LogP contribution in [-0.4, -0.2) is 23.2 Å². The smallest absolute Gasteiger partial charge is 0.259 e. The SMILES string of the molecule is CCOc1ccccc1NC(=O)C(C)n1ccc2cc(OC(C)C)ccc2c1=O. The molecule has 1 unspecified atom stereocenters. The van der Waals surface area contributed by atoms with E-state index in [0.717, 1.165) is 5.39 Å². The van der Waals surface area contributed by atoms with E-state index in [1.54, 1.807) is 37.4 Å². The lowest BCUT2D eigenvalue weighted by Crippen LogP contribution is -2.31. The molecule has 0 saturated carbocycles.